The van der Waals surface area contributed by atoms with Crippen molar-refractivity contribution in [2.75, 3.05) is 13.1 Å². The number of hydrogen-bond acceptors (Lipinski definition) is 1. The number of aryl methyl sites for hydroxylation is 3. The molecule has 0 bridgehead atoms. The first-order valence-corrected chi connectivity index (χ1v) is 6.93. The van der Waals surface area contributed by atoms with Crippen molar-refractivity contribution in [2.24, 2.45) is 11.8 Å². The van der Waals surface area contributed by atoms with Gasteiger partial charge in [-0.15, -0.1) is 0 Å². The minimum absolute atomic E-state index is 0.865. The Morgan fingerprint density at radius 3 is 2.53 bits per heavy atom. The molecule has 1 heteroatoms. The quantitative estimate of drug-likeness (QED) is 0.840. The number of nitrogens with one attached hydrogen (secondary N) is 1. The van der Waals surface area contributed by atoms with Crippen molar-refractivity contribution >= 4 is 0 Å². The highest BCUT2D eigenvalue weighted by Crippen LogP contribution is 2.23. The molecule has 1 N–H and O–H groups in total. The van der Waals surface area contributed by atoms with Crippen LogP contribution in [0.1, 0.15) is 36.5 Å². The Morgan fingerprint density at radius 2 is 1.88 bits per heavy atom. The van der Waals surface area contributed by atoms with E-state index >= 15 is 0 Å². The molecule has 17 heavy (non-hydrogen) atoms. The Balaban J connectivity index is 1.92. The van der Waals surface area contributed by atoms with Gasteiger partial charge in [0, 0.05) is 0 Å². The fraction of sp³-hybridized carbons (Fsp3) is 0.625. The smallest absolute Gasteiger partial charge is 0.00178 e. The largest absolute Gasteiger partial charge is 0.316 e. The third-order valence-corrected chi connectivity index (χ3v) is 4.07. The Hall–Kier alpha value is -0.820. The summed E-state index contributed by atoms with van der Waals surface area (Å²) in [6.07, 6.45) is 3.91. The van der Waals surface area contributed by atoms with Crippen LogP contribution in [0.5, 0.6) is 0 Å². The third-order valence-electron chi connectivity index (χ3n) is 4.07. The summed E-state index contributed by atoms with van der Waals surface area (Å²) in [7, 11) is 0. The van der Waals surface area contributed by atoms with Gasteiger partial charge in [-0.1, -0.05) is 36.2 Å². The zero-order valence-corrected chi connectivity index (χ0v) is 11.4. The van der Waals surface area contributed by atoms with E-state index in [1.54, 1.807) is 0 Å². The maximum absolute atomic E-state index is 3.52. The lowest BCUT2D eigenvalue weighted by Crippen LogP contribution is -2.35. The summed E-state index contributed by atoms with van der Waals surface area (Å²) in [6.45, 7) is 9.22. The van der Waals surface area contributed by atoms with Crippen LogP contribution in [0.2, 0.25) is 0 Å². The second kappa shape index (κ2) is 5.68. The van der Waals surface area contributed by atoms with E-state index in [1.165, 1.54) is 49.0 Å². The van der Waals surface area contributed by atoms with E-state index in [0.717, 1.165) is 11.8 Å². The van der Waals surface area contributed by atoms with Gasteiger partial charge in [-0.25, -0.2) is 0 Å². The molecule has 1 nitrogen and oxygen atoms in total. The zero-order chi connectivity index (χ0) is 12.3. The number of piperidine rings is 1. The molecule has 2 atom stereocenters. The van der Waals surface area contributed by atoms with Gasteiger partial charge in [-0.3, -0.25) is 0 Å². The average molecular weight is 231 g/mol. The van der Waals surface area contributed by atoms with Gasteiger partial charge < -0.3 is 5.32 Å². The molecule has 0 radical (unpaired) electrons. The lowest BCUT2D eigenvalue weighted by atomic mass is 9.84. The van der Waals surface area contributed by atoms with Gasteiger partial charge >= 0.3 is 0 Å². The van der Waals surface area contributed by atoms with E-state index < -0.39 is 0 Å². The van der Waals surface area contributed by atoms with E-state index in [4.69, 9.17) is 0 Å². The summed E-state index contributed by atoms with van der Waals surface area (Å²) in [5.74, 6) is 1.76. The van der Waals surface area contributed by atoms with Crippen LogP contribution in [0.25, 0.3) is 0 Å². The highest BCUT2D eigenvalue weighted by Gasteiger charge is 2.20. The topological polar surface area (TPSA) is 12.0 Å². The fourth-order valence-corrected chi connectivity index (χ4v) is 3.01. The molecule has 1 aromatic carbocycles. The third kappa shape index (κ3) is 3.57. The second-order valence-electron chi connectivity index (χ2n) is 5.76. The molecular weight excluding hydrogens is 206 g/mol. The van der Waals surface area contributed by atoms with Gasteiger partial charge in [0.15, 0.2) is 0 Å². The van der Waals surface area contributed by atoms with Crippen molar-refractivity contribution in [3.63, 3.8) is 0 Å². The van der Waals surface area contributed by atoms with Gasteiger partial charge in [-0.05, 0) is 63.6 Å². The highest BCUT2D eigenvalue weighted by molar-refractivity contribution is 5.28. The van der Waals surface area contributed by atoms with Crippen LogP contribution in [-0.2, 0) is 6.42 Å². The molecule has 1 heterocycles. The summed E-state index contributed by atoms with van der Waals surface area (Å²) in [5, 5.41) is 3.52. The molecule has 0 amide bonds. The molecule has 0 aromatic heterocycles. The van der Waals surface area contributed by atoms with Gasteiger partial charge in [0.2, 0.25) is 0 Å². The number of benzene rings is 1. The minimum atomic E-state index is 0.865. The Bertz CT molecular complexity index is 350. The van der Waals surface area contributed by atoms with E-state index in [9.17, 15) is 0 Å². The van der Waals surface area contributed by atoms with E-state index in [0.29, 0.717) is 0 Å². The van der Waals surface area contributed by atoms with E-state index in [-0.39, 0.29) is 0 Å². The van der Waals surface area contributed by atoms with Crippen molar-refractivity contribution in [1.82, 2.24) is 5.32 Å². The van der Waals surface area contributed by atoms with Crippen molar-refractivity contribution in [3.8, 4) is 0 Å². The lowest BCUT2D eigenvalue weighted by molar-refractivity contribution is 0.260. The molecule has 2 unspecified atom stereocenters. The fourth-order valence-electron chi connectivity index (χ4n) is 3.01. The maximum atomic E-state index is 3.52. The van der Waals surface area contributed by atoms with Crippen molar-refractivity contribution < 1.29 is 0 Å². The van der Waals surface area contributed by atoms with Crippen LogP contribution in [0.15, 0.2) is 18.2 Å². The minimum Gasteiger partial charge on any atom is -0.316 e. The van der Waals surface area contributed by atoms with Gasteiger partial charge in [0.1, 0.15) is 0 Å². The second-order valence-corrected chi connectivity index (χ2v) is 5.76. The van der Waals surface area contributed by atoms with Crippen LogP contribution in [-0.4, -0.2) is 13.1 Å². The summed E-state index contributed by atoms with van der Waals surface area (Å²) in [4.78, 5) is 0. The monoisotopic (exact) mass is 231 g/mol. The molecule has 1 aliphatic rings. The molecule has 94 valence electrons. The van der Waals surface area contributed by atoms with Gasteiger partial charge in [-0.2, -0.15) is 0 Å². The summed E-state index contributed by atoms with van der Waals surface area (Å²) in [5.41, 5.74) is 4.31. The van der Waals surface area contributed by atoms with Crippen LogP contribution in [0, 0.1) is 25.7 Å². The van der Waals surface area contributed by atoms with Crippen molar-refractivity contribution in [2.45, 2.75) is 40.0 Å². The van der Waals surface area contributed by atoms with E-state index in [2.05, 4.69) is 44.3 Å². The summed E-state index contributed by atoms with van der Waals surface area (Å²) in [6, 6.07) is 6.94. The summed E-state index contributed by atoms with van der Waals surface area (Å²) < 4.78 is 0. The molecule has 0 spiro atoms. The van der Waals surface area contributed by atoms with Crippen LogP contribution < -0.4 is 5.32 Å². The standard InChI is InChI=1S/C16H25N/c1-12-8-13(2)10-15(9-12)4-5-16-11-17-7-6-14(16)3/h8-10,14,16-17H,4-7,11H2,1-3H3. The van der Waals surface area contributed by atoms with Gasteiger partial charge in [0.25, 0.3) is 0 Å². The SMILES string of the molecule is Cc1cc(C)cc(CCC2CNCCC2C)c1. The first-order valence-electron chi connectivity index (χ1n) is 6.93. The van der Waals surface area contributed by atoms with Gasteiger partial charge in [0.05, 0.1) is 0 Å². The molecule has 2 rings (SSSR count). The molecule has 1 aliphatic heterocycles. The molecule has 0 saturated carbocycles. The average Bonchev–Trinajstić information content (AvgIpc) is 2.27. The van der Waals surface area contributed by atoms with Crippen LogP contribution in [0.3, 0.4) is 0 Å². The number of hydrogen-bond donors (Lipinski definition) is 1. The van der Waals surface area contributed by atoms with Crippen molar-refractivity contribution in [1.29, 1.82) is 0 Å². The first-order chi connectivity index (χ1) is 8.15. The normalized spacial score (nSPS) is 24.9. The zero-order valence-electron chi connectivity index (χ0n) is 11.4. The molecule has 1 saturated heterocycles. The van der Waals surface area contributed by atoms with Crippen LogP contribution >= 0.6 is 0 Å². The summed E-state index contributed by atoms with van der Waals surface area (Å²) >= 11 is 0. The highest BCUT2D eigenvalue weighted by atomic mass is 14.9. The van der Waals surface area contributed by atoms with Crippen LogP contribution in [0.4, 0.5) is 0 Å². The lowest BCUT2D eigenvalue weighted by Gasteiger charge is -2.29. The molecule has 1 aromatic rings. The Labute approximate surface area is 106 Å². The molecule has 0 aliphatic carbocycles. The van der Waals surface area contributed by atoms with Crippen molar-refractivity contribution in [3.05, 3.63) is 34.9 Å². The molecular formula is C16H25N. The number of rotatable bonds is 3. The Kier molecular flexibility index (Phi) is 4.22. The predicted octanol–water partition coefficient (Wildman–Crippen LogP) is 3.48. The first kappa shape index (κ1) is 12.6. The van der Waals surface area contributed by atoms with E-state index in [1.807, 2.05) is 0 Å². The molecule has 1 fully saturated rings. The Morgan fingerprint density at radius 1 is 1.18 bits per heavy atom. The predicted molar refractivity (Wildman–Crippen MR) is 74.4 cm³/mol. The maximum Gasteiger partial charge on any atom is -0.00178 e.